The van der Waals surface area contributed by atoms with Crippen molar-refractivity contribution in [2.45, 2.75) is 22.8 Å². The molecule has 5 nitrogen and oxygen atoms in total. The molecule has 2 aromatic rings. The highest BCUT2D eigenvalue weighted by atomic mass is 32.2. The fraction of sp³-hybridized carbons (Fsp3) is 0.421. The van der Waals surface area contributed by atoms with Crippen LogP contribution in [0.2, 0.25) is 0 Å². The number of carbonyl (C=O) groups excluding carboxylic acids is 1. The number of amides is 1. The highest BCUT2D eigenvalue weighted by Crippen LogP contribution is 2.26. The SMILES string of the molecule is O=C(NCCSCc1ccccc1F)[C@@H]1CCCN(S(=O)(=O)c2cccs2)C1. The number of hydrogen-bond acceptors (Lipinski definition) is 5. The van der Waals surface area contributed by atoms with Crippen LogP contribution in [0.25, 0.3) is 0 Å². The fourth-order valence-electron chi connectivity index (χ4n) is 3.10. The predicted octanol–water partition coefficient (Wildman–Crippen LogP) is 3.34. The zero-order chi connectivity index (χ0) is 20.0. The summed E-state index contributed by atoms with van der Waals surface area (Å²) >= 11 is 2.74. The molecule has 1 aliphatic rings. The molecule has 28 heavy (non-hydrogen) atoms. The summed E-state index contributed by atoms with van der Waals surface area (Å²) in [6, 6.07) is 9.97. The minimum Gasteiger partial charge on any atom is -0.355 e. The molecule has 1 aromatic heterocycles. The Morgan fingerprint density at radius 2 is 2.11 bits per heavy atom. The van der Waals surface area contributed by atoms with Crippen molar-refractivity contribution in [3.05, 3.63) is 53.2 Å². The monoisotopic (exact) mass is 442 g/mol. The van der Waals surface area contributed by atoms with Gasteiger partial charge in [0.05, 0.1) is 5.92 Å². The Morgan fingerprint density at radius 1 is 1.29 bits per heavy atom. The molecule has 1 aliphatic heterocycles. The third-order valence-corrected chi connectivity index (χ3v) is 8.85. The maximum Gasteiger partial charge on any atom is 0.252 e. The molecular formula is C19H23FN2O3S3. The number of thiophene rings is 1. The first-order valence-corrected chi connectivity index (χ1v) is 12.6. The molecule has 1 aromatic carbocycles. The molecule has 0 saturated carbocycles. The van der Waals surface area contributed by atoms with Gasteiger partial charge in [-0.25, -0.2) is 12.8 Å². The van der Waals surface area contributed by atoms with E-state index < -0.39 is 10.0 Å². The van der Waals surface area contributed by atoms with E-state index in [-0.39, 0.29) is 24.2 Å². The van der Waals surface area contributed by atoms with E-state index in [1.807, 2.05) is 0 Å². The molecule has 1 saturated heterocycles. The summed E-state index contributed by atoms with van der Waals surface area (Å²) in [6.45, 7) is 1.14. The molecule has 0 unspecified atom stereocenters. The summed E-state index contributed by atoms with van der Waals surface area (Å²) in [6.07, 6.45) is 1.36. The average Bonchev–Trinajstić information content (AvgIpc) is 3.25. The van der Waals surface area contributed by atoms with E-state index in [1.54, 1.807) is 47.5 Å². The number of sulfonamides is 1. The first-order chi connectivity index (χ1) is 13.5. The topological polar surface area (TPSA) is 66.5 Å². The average molecular weight is 443 g/mol. The number of carbonyl (C=O) groups is 1. The Hall–Kier alpha value is -1.42. The van der Waals surface area contributed by atoms with Crippen LogP contribution in [0.4, 0.5) is 4.39 Å². The van der Waals surface area contributed by atoms with Crippen LogP contribution in [-0.2, 0) is 20.6 Å². The molecule has 1 amide bonds. The highest BCUT2D eigenvalue weighted by molar-refractivity contribution is 7.98. The van der Waals surface area contributed by atoms with E-state index in [4.69, 9.17) is 0 Å². The Morgan fingerprint density at radius 3 is 2.86 bits per heavy atom. The van der Waals surface area contributed by atoms with Crippen molar-refractivity contribution in [1.82, 2.24) is 9.62 Å². The molecule has 1 atom stereocenters. The van der Waals surface area contributed by atoms with Gasteiger partial charge in [0.25, 0.3) is 10.0 Å². The molecule has 2 heterocycles. The first-order valence-electron chi connectivity index (χ1n) is 9.11. The Labute approximate surface area is 173 Å². The maximum atomic E-state index is 13.6. The molecule has 152 valence electrons. The predicted molar refractivity (Wildman–Crippen MR) is 111 cm³/mol. The van der Waals surface area contributed by atoms with Crippen molar-refractivity contribution in [2.24, 2.45) is 5.92 Å². The molecule has 1 N–H and O–H groups in total. The quantitative estimate of drug-likeness (QED) is 0.637. The number of thioether (sulfide) groups is 1. The van der Waals surface area contributed by atoms with Gasteiger partial charge in [-0.3, -0.25) is 4.79 Å². The fourth-order valence-corrected chi connectivity index (χ4v) is 6.61. The van der Waals surface area contributed by atoms with Crippen molar-refractivity contribution in [3.63, 3.8) is 0 Å². The Balaban J connectivity index is 1.44. The number of hydrogen-bond donors (Lipinski definition) is 1. The molecule has 0 spiro atoms. The molecule has 1 fully saturated rings. The minimum atomic E-state index is -3.52. The van der Waals surface area contributed by atoms with Crippen LogP contribution in [0.15, 0.2) is 46.0 Å². The van der Waals surface area contributed by atoms with Crippen molar-refractivity contribution in [3.8, 4) is 0 Å². The smallest absolute Gasteiger partial charge is 0.252 e. The second-order valence-corrected chi connectivity index (χ2v) is 10.8. The van der Waals surface area contributed by atoms with Gasteiger partial charge in [-0.15, -0.1) is 11.3 Å². The third-order valence-electron chi connectivity index (χ3n) is 4.61. The van der Waals surface area contributed by atoms with Crippen LogP contribution in [0.3, 0.4) is 0 Å². The van der Waals surface area contributed by atoms with Gasteiger partial charge in [0.2, 0.25) is 5.91 Å². The molecule has 0 radical (unpaired) electrons. The largest absolute Gasteiger partial charge is 0.355 e. The van der Waals surface area contributed by atoms with E-state index in [1.165, 1.54) is 21.7 Å². The normalized spacial score (nSPS) is 18.1. The van der Waals surface area contributed by atoms with Gasteiger partial charge < -0.3 is 5.32 Å². The zero-order valence-corrected chi connectivity index (χ0v) is 17.8. The van der Waals surface area contributed by atoms with Crippen LogP contribution in [0.5, 0.6) is 0 Å². The van der Waals surface area contributed by atoms with Gasteiger partial charge in [0.1, 0.15) is 10.0 Å². The Kier molecular flexibility index (Phi) is 7.50. The summed E-state index contributed by atoms with van der Waals surface area (Å²) in [5.41, 5.74) is 0.653. The van der Waals surface area contributed by atoms with Gasteiger partial charge in [0.15, 0.2) is 0 Å². The van der Waals surface area contributed by atoms with Crippen LogP contribution in [0, 0.1) is 11.7 Å². The first kappa shape index (κ1) is 21.3. The summed E-state index contributed by atoms with van der Waals surface area (Å²) in [7, 11) is -3.52. The van der Waals surface area contributed by atoms with Gasteiger partial charge in [-0.1, -0.05) is 24.3 Å². The second kappa shape index (κ2) is 9.87. The van der Waals surface area contributed by atoms with Crippen molar-refractivity contribution < 1.29 is 17.6 Å². The molecule has 0 bridgehead atoms. The van der Waals surface area contributed by atoms with Crippen molar-refractivity contribution >= 4 is 39.0 Å². The zero-order valence-electron chi connectivity index (χ0n) is 15.3. The number of piperidine rings is 1. The number of halogens is 1. The minimum absolute atomic E-state index is 0.113. The number of rotatable bonds is 8. The van der Waals surface area contributed by atoms with Gasteiger partial charge in [-0.2, -0.15) is 16.1 Å². The standard InChI is InChI=1S/C19H23FN2O3S3/c20-17-7-2-1-5-16(17)14-26-12-9-21-19(23)15-6-3-10-22(13-15)28(24,25)18-8-4-11-27-18/h1-2,4-5,7-8,11,15H,3,6,9-10,12-14H2,(H,21,23)/t15-/m1/s1. The lowest BCUT2D eigenvalue weighted by atomic mass is 9.99. The maximum absolute atomic E-state index is 13.6. The van der Waals surface area contributed by atoms with Gasteiger partial charge in [0, 0.05) is 31.1 Å². The summed E-state index contributed by atoms with van der Waals surface area (Å²) < 4.78 is 40.6. The van der Waals surface area contributed by atoms with E-state index in [2.05, 4.69) is 5.32 Å². The van der Waals surface area contributed by atoms with Crippen LogP contribution in [-0.4, -0.2) is 44.0 Å². The van der Waals surface area contributed by atoms with Crippen molar-refractivity contribution in [2.75, 3.05) is 25.4 Å². The van der Waals surface area contributed by atoms with E-state index in [0.717, 1.165) is 0 Å². The summed E-state index contributed by atoms with van der Waals surface area (Å²) in [5, 5.41) is 4.62. The number of nitrogens with zero attached hydrogens (tertiary/aromatic N) is 1. The number of nitrogens with one attached hydrogen (secondary N) is 1. The molecule has 3 rings (SSSR count). The van der Waals surface area contributed by atoms with E-state index >= 15 is 0 Å². The van der Waals surface area contributed by atoms with Crippen LogP contribution < -0.4 is 5.32 Å². The highest BCUT2D eigenvalue weighted by Gasteiger charge is 2.33. The molecular weight excluding hydrogens is 419 g/mol. The van der Waals surface area contributed by atoms with E-state index in [0.29, 0.717) is 47.2 Å². The molecule has 9 heteroatoms. The molecule has 0 aliphatic carbocycles. The lowest BCUT2D eigenvalue weighted by Crippen LogP contribution is -2.45. The van der Waals surface area contributed by atoms with Gasteiger partial charge >= 0.3 is 0 Å². The van der Waals surface area contributed by atoms with Crippen LogP contribution >= 0.6 is 23.1 Å². The van der Waals surface area contributed by atoms with E-state index in [9.17, 15) is 17.6 Å². The van der Waals surface area contributed by atoms with Gasteiger partial charge in [-0.05, 0) is 35.9 Å². The third kappa shape index (κ3) is 5.34. The summed E-state index contributed by atoms with van der Waals surface area (Å²) in [4.78, 5) is 12.4. The Bertz CT molecular complexity index is 888. The number of benzene rings is 1. The van der Waals surface area contributed by atoms with Crippen LogP contribution in [0.1, 0.15) is 18.4 Å². The summed E-state index contributed by atoms with van der Waals surface area (Å²) in [5.74, 6) is 0.564. The lowest BCUT2D eigenvalue weighted by Gasteiger charge is -2.30. The van der Waals surface area contributed by atoms with Crippen molar-refractivity contribution in [1.29, 1.82) is 0 Å². The lowest BCUT2D eigenvalue weighted by molar-refractivity contribution is -0.125. The second-order valence-electron chi connectivity index (χ2n) is 6.57.